The number of rotatable bonds is 5. The molecule has 28 heavy (non-hydrogen) atoms. The molecule has 2 aromatic carbocycles. The first-order chi connectivity index (χ1) is 13.5. The SMILES string of the molecule is CC(=O)c1sc(N/N=C(\C#N)C(=O)c2ccc3ccccc3c2)c(C#N)c1C. The Kier molecular flexibility index (Phi) is 5.30. The van der Waals surface area contributed by atoms with Crippen LogP contribution in [0.2, 0.25) is 0 Å². The highest BCUT2D eigenvalue weighted by molar-refractivity contribution is 7.18. The van der Waals surface area contributed by atoms with E-state index in [1.807, 2.05) is 30.3 Å². The molecule has 0 unspecified atom stereocenters. The van der Waals surface area contributed by atoms with Gasteiger partial charge < -0.3 is 0 Å². The average molecular weight is 386 g/mol. The number of anilines is 1. The van der Waals surface area contributed by atoms with Gasteiger partial charge >= 0.3 is 0 Å². The molecule has 0 atom stereocenters. The lowest BCUT2D eigenvalue weighted by Crippen LogP contribution is -2.14. The summed E-state index contributed by atoms with van der Waals surface area (Å²) in [6.45, 7) is 3.09. The van der Waals surface area contributed by atoms with Crippen LogP contribution in [0.3, 0.4) is 0 Å². The van der Waals surface area contributed by atoms with Crippen LogP contribution in [0.5, 0.6) is 0 Å². The molecule has 0 bridgehead atoms. The van der Waals surface area contributed by atoms with Crippen molar-refractivity contribution < 1.29 is 9.59 Å². The van der Waals surface area contributed by atoms with Crippen molar-refractivity contribution >= 4 is 44.4 Å². The van der Waals surface area contributed by atoms with Crippen LogP contribution in [0.15, 0.2) is 47.6 Å². The molecule has 0 aliphatic carbocycles. The van der Waals surface area contributed by atoms with E-state index in [0.29, 0.717) is 21.0 Å². The van der Waals surface area contributed by atoms with Crippen molar-refractivity contribution in [2.45, 2.75) is 13.8 Å². The molecule has 136 valence electrons. The van der Waals surface area contributed by atoms with Gasteiger partial charge in [-0.3, -0.25) is 15.0 Å². The number of fused-ring (bicyclic) bond motifs is 1. The maximum atomic E-state index is 12.7. The van der Waals surface area contributed by atoms with E-state index < -0.39 is 5.78 Å². The zero-order valence-corrected chi connectivity index (χ0v) is 15.9. The van der Waals surface area contributed by atoms with Crippen LogP contribution < -0.4 is 5.43 Å². The summed E-state index contributed by atoms with van der Waals surface area (Å²) in [5, 5.41) is 24.8. The van der Waals surface area contributed by atoms with Gasteiger partial charge in [0.2, 0.25) is 11.5 Å². The van der Waals surface area contributed by atoms with Gasteiger partial charge in [-0.15, -0.1) is 11.3 Å². The molecule has 1 heterocycles. The number of benzene rings is 2. The second-order valence-electron chi connectivity index (χ2n) is 6.00. The Hall–Kier alpha value is -3.81. The highest BCUT2D eigenvalue weighted by Crippen LogP contribution is 2.32. The molecule has 1 N–H and O–H groups in total. The summed E-state index contributed by atoms with van der Waals surface area (Å²) in [5.41, 5.74) is 3.44. The first-order valence-corrected chi connectivity index (χ1v) is 9.09. The van der Waals surface area contributed by atoms with Crippen molar-refractivity contribution in [2.75, 3.05) is 5.43 Å². The molecule has 0 spiro atoms. The standard InChI is InChI=1S/C21H14N4O2S/c1-12-17(10-22)21(28-20(12)13(2)26)25-24-18(11-23)19(27)16-8-7-14-5-3-4-6-15(14)9-16/h3-9,25H,1-2H3/b24-18+. The molecule has 1 aromatic heterocycles. The molecule has 0 amide bonds. The molecule has 0 aliphatic heterocycles. The summed E-state index contributed by atoms with van der Waals surface area (Å²) >= 11 is 1.07. The van der Waals surface area contributed by atoms with Gasteiger partial charge in [-0.05, 0) is 36.2 Å². The number of hydrogen-bond acceptors (Lipinski definition) is 7. The van der Waals surface area contributed by atoms with Gasteiger partial charge in [0.25, 0.3) is 0 Å². The summed E-state index contributed by atoms with van der Waals surface area (Å²) < 4.78 is 0. The third kappa shape index (κ3) is 3.52. The van der Waals surface area contributed by atoms with Gasteiger partial charge in [-0.1, -0.05) is 36.4 Å². The van der Waals surface area contributed by atoms with Gasteiger partial charge in [0.15, 0.2) is 5.78 Å². The maximum Gasteiger partial charge on any atom is 0.223 e. The van der Waals surface area contributed by atoms with Gasteiger partial charge in [0.05, 0.1) is 10.4 Å². The Balaban J connectivity index is 1.93. The van der Waals surface area contributed by atoms with Crippen molar-refractivity contribution in [3.8, 4) is 12.1 Å². The van der Waals surface area contributed by atoms with Crippen LogP contribution in [0.25, 0.3) is 10.8 Å². The minimum atomic E-state index is -0.528. The van der Waals surface area contributed by atoms with Crippen LogP contribution in [-0.4, -0.2) is 17.3 Å². The summed E-state index contributed by atoms with van der Waals surface area (Å²) in [4.78, 5) is 24.8. The molecular formula is C21H14N4O2S. The van der Waals surface area contributed by atoms with E-state index in [9.17, 15) is 20.1 Å². The summed E-state index contributed by atoms with van der Waals surface area (Å²) in [6, 6.07) is 16.5. The zero-order chi connectivity index (χ0) is 20.3. The minimum Gasteiger partial charge on any atom is -0.294 e. The van der Waals surface area contributed by atoms with E-state index in [-0.39, 0.29) is 17.1 Å². The van der Waals surface area contributed by atoms with Gasteiger partial charge in [-0.25, -0.2) is 0 Å². The molecule has 0 saturated heterocycles. The predicted octanol–water partition coefficient (Wildman–Crippen LogP) is 4.46. The van der Waals surface area contributed by atoms with Crippen molar-refractivity contribution in [1.29, 1.82) is 10.5 Å². The molecular weight excluding hydrogens is 372 g/mol. The van der Waals surface area contributed by atoms with E-state index in [1.54, 1.807) is 31.2 Å². The number of thiophene rings is 1. The van der Waals surface area contributed by atoms with Gasteiger partial charge in [0.1, 0.15) is 17.1 Å². The number of carbonyl (C=O) groups is 2. The Morgan fingerprint density at radius 2 is 1.82 bits per heavy atom. The normalized spacial score (nSPS) is 10.9. The number of nitrogens with zero attached hydrogens (tertiary/aromatic N) is 3. The number of nitrogens with one attached hydrogen (secondary N) is 1. The lowest BCUT2D eigenvalue weighted by molar-refractivity contribution is 0.101. The van der Waals surface area contributed by atoms with Crippen LogP contribution in [0, 0.1) is 29.6 Å². The van der Waals surface area contributed by atoms with Crippen molar-refractivity contribution in [3.05, 3.63) is 64.0 Å². The fraction of sp³-hybridized carbons (Fsp3) is 0.0952. The monoisotopic (exact) mass is 386 g/mol. The maximum absolute atomic E-state index is 12.7. The Bertz CT molecular complexity index is 1230. The molecule has 0 fully saturated rings. The Labute approximate surface area is 165 Å². The Morgan fingerprint density at radius 1 is 1.11 bits per heavy atom. The molecule has 7 heteroatoms. The van der Waals surface area contributed by atoms with E-state index >= 15 is 0 Å². The third-order valence-electron chi connectivity index (χ3n) is 4.18. The van der Waals surface area contributed by atoms with Crippen LogP contribution in [0.4, 0.5) is 5.00 Å². The molecule has 0 saturated carbocycles. The first kappa shape index (κ1) is 19.0. The van der Waals surface area contributed by atoms with E-state index in [2.05, 4.69) is 10.5 Å². The second kappa shape index (κ2) is 7.83. The molecule has 0 radical (unpaired) electrons. The lowest BCUT2D eigenvalue weighted by atomic mass is 10.0. The summed E-state index contributed by atoms with van der Waals surface area (Å²) in [7, 11) is 0. The first-order valence-electron chi connectivity index (χ1n) is 8.28. The number of carbonyl (C=O) groups excluding carboxylic acids is 2. The van der Waals surface area contributed by atoms with Crippen molar-refractivity contribution in [1.82, 2.24) is 0 Å². The highest BCUT2D eigenvalue weighted by atomic mass is 32.1. The van der Waals surface area contributed by atoms with E-state index in [0.717, 1.165) is 22.1 Å². The lowest BCUT2D eigenvalue weighted by Gasteiger charge is -2.03. The number of Topliss-reactive ketones (excluding diaryl/α,β-unsaturated/α-hetero) is 2. The number of nitriles is 2. The fourth-order valence-corrected chi connectivity index (χ4v) is 3.76. The van der Waals surface area contributed by atoms with Gasteiger partial charge in [0, 0.05) is 5.56 Å². The van der Waals surface area contributed by atoms with E-state index in [1.165, 1.54) is 6.92 Å². The minimum absolute atomic E-state index is 0.163. The number of hydrazone groups is 1. The van der Waals surface area contributed by atoms with Crippen LogP contribution in [0.1, 0.15) is 38.1 Å². The quantitative estimate of drug-likeness (QED) is 0.396. The Morgan fingerprint density at radius 3 is 2.46 bits per heavy atom. The van der Waals surface area contributed by atoms with Crippen molar-refractivity contribution in [3.63, 3.8) is 0 Å². The molecule has 3 rings (SSSR count). The summed E-state index contributed by atoms with van der Waals surface area (Å²) in [6.07, 6.45) is 0. The van der Waals surface area contributed by atoms with Crippen LogP contribution in [-0.2, 0) is 0 Å². The van der Waals surface area contributed by atoms with Crippen LogP contribution >= 0.6 is 11.3 Å². The summed E-state index contributed by atoms with van der Waals surface area (Å²) in [5.74, 6) is -0.692. The molecule has 0 aliphatic rings. The number of hydrogen-bond donors (Lipinski definition) is 1. The van der Waals surface area contributed by atoms with E-state index in [4.69, 9.17) is 0 Å². The predicted molar refractivity (Wildman–Crippen MR) is 109 cm³/mol. The topological polar surface area (TPSA) is 106 Å². The number of ketones is 2. The third-order valence-corrected chi connectivity index (χ3v) is 5.48. The molecule has 3 aromatic rings. The smallest absolute Gasteiger partial charge is 0.223 e. The van der Waals surface area contributed by atoms with Crippen molar-refractivity contribution in [2.24, 2.45) is 5.10 Å². The molecule has 6 nitrogen and oxygen atoms in total. The fourth-order valence-electron chi connectivity index (χ4n) is 2.76. The average Bonchev–Trinajstić information content (AvgIpc) is 3.03. The second-order valence-corrected chi connectivity index (χ2v) is 7.02. The highest BCUT2D eigenvalue weighted by Gasteiger charge is 2.19. The van der Waals surface area contributed by atoms with Gasteiger partial charge in [-0.2, -0.15) is 15.6 Å². The largest absolute Gasteiger partial charge is 0.294 e. The zero-order valence-electron chi connectivity index (χ0n) is 15.1.